The number of nitrogens with zero attached hydrogens (tertiary/aromatic N) is 4. The van der Waals surface area contributed by atoms with E-state index in [9.17, 15) is 18.4 Å². The number of nitrogens with one attached hydrogen (secondary N) is 1. The lowest BCUT2D eigenvalue weighted by Crippen LogP contribution is -2.53. The van der Waals surface area contributed by atoms with E-state index in [1.54, 1.807) is 23.1 Å². The second kappa shape index (κ2) is 8.68. The van der Waals surface area contributed by atoms with Crippen molar-refractivity contribution in [1.82, 2.24) is 25.4 Å². The van der Waals surface area contributed by atoms with Crippen LogP contribution in [0.1, 0.15) is 64.4 Å². The molecule has 0 radical (unpaired) electrons. The smallest absolute Gasteiger partial charge is 0.314 e. The van der Waals surface area contributed by atoms with Crippen molar-refractivity contribution in [3.8, 4) is 11.5 Å². The maximum Gasteiger partial charge on any atom is 0.314 e. The van der Waals surface area contributed by atoms with Gasteiger partial charge < -0.3 is 14.6 Å². The zero-order valence-corrected chi connectivity index (χ0v) is 17.6. The third kappa shape index (κ3) is 4.08. The molecule has 3 aromatic rings. The second-order valence-corrected chi connectivity index (χ2v) is 8.20. The van der Waals surface area contributed by atoms with E-state index in [4.69, 9.17) is 4.42 Å². The molecule has 1 N–H and O–H groups in total. The molecular formula is C23H21F2N5O3. The first-order valence-corrected chi connectivity index (χ1v) is 10.8. The van der Waals surface area contributed by atoms with Crippen molar-refractivity contribution in [2.24, 2.45) is 0 Å². The summed E-state index contributed by atoms with van der Waals surface area (Å²) >= 11 is 0. The van der Waals surface area contributed by atoms with Crippen LogP contribution < -0.4 is 5.32 Å². The molecule has 2 amide bonds. The number of fused-ring (bicyclic) bond motifs is 1. The first-order valence-electron chi connectivity index (χ1n) is 10.8. The highest BCUT2D eigenvalue weighted by atomic mass is 19.3. The normalized spacial score (nSPS) is 20.2. The summed E-state index contributed by atoms with van der Waals surface area (Å²) in [6.07, 6.45) is 2.04. The fraction of sp³-hybridized carbons (Fsp3) is 0.348. The highest BCUT2D eigenvalue weighted by Gasteiger charge is 2.39. The highest BCUT2D eigenvalue weighted by molar-refractivity contribution is 5.99. The van der Waals surface area contributed by atoms with E-state index in [0.29, 0.717) is 28.9 Å². The quantitative estimate of drug-likeness (QED) is 0.631. The van der Waals surface area contributed by atoms with E-state index in [1.165, 1.54) is 6.20 Å². The van der Waals surface area contributed by atoms with Crippen molar-refractivity contribution in [2.75, 3.05) is 0 Å². The van der Waals surface area contributed by atoms with Crippen LogP contribution in [0.4, 0.5) is 8.78 Å². The molecule has 170 valence electrons. The summed E-state index contributed by atoms with van der Waals surface area (Å²) in [6, 6.07) is 10.2. The molecule has 2 atom stereocenters. The van der Waals surface area contributed by atoms with Gasteiger partial charge in [0.15, 0.2) is 0 Å². The molecule has 10 heteroatoms. The van der Waals surface area contributed by atoms with Crippen LogP contribution in [0.15, 0.2) is 47.0 Å². The van der Waals surface area contributed by atoms with Gasteiger partial charge in [-0.15, -0.1) is 10.2 Å². The summed E-state index contributed by atoms with van der Waals surface area (Å²) in [6.45, 7) is 0.322. The Kier molecular flexibility index (Phi) is 5.57. The zero-order chi connectivity index (χ0) is 22.9. The predicted molar refractivity (Wildman–Crippen MR) is 112 cm³/mol. The number of aromatic nitrogens is 3. The summed E-state index contributed by atoms with van der Waals surface area (Å²) in [5.74, 6) is -1.27. The summed E-state index contributed by atoms with van der Waals surface area (Å²) < 4.78 is 30.5. The monoisotopic (exact) mass is 453 g/mol. The standard InChI is InChI=1S/C23H21F2N5O3/c24-19(25)22-29-28-21(33-22)14-10-15-17(26-11-14)12-30(23(15)32)18-9-5-4-8-16(18)27-20(31)13-6-2-1-3-7-13/h1-3,6-7,10-11,16,18-19H,4-5,8-9,12H2,(H,27,31)/t16-,18-/m1/s1. The Labute approximate surface area is 188 Å². The molecule has 1 aromatic carbocycles. The summed E-state index contributed by atoms with van der Waals surface area (Å²) in [7, 11) is 0. The SMILES string of the molecule is O=C(N[C@@H]1CCCC[C@H]1N1Cc2ncc(-c3nnc(C(F)F)o3)cc2C1=O)c1ccccc1. The molecule has 5 rings (SSSR count). The van der Waals surface area contributed by atoms with Gasteiger partial charge in [-0.1, -0.05) is 31.0 Å². The average Bonchev–Trinajstić information content (AvgIpc) is 3.45. The number of carbonyl (C=O) groups excluding carboxylic acids is 2. The maximum atomic E-state index is 13.3. The van der Waals surface area contributed by atoms with Crippen LogP contribution in [0.3, 0.4) is 0 Å². The number of rotatable bonds is 5. The van der Waals surface area contributed by atoms with Gasteiger partial charge in [-0.2, -0.15) is 8.78 Å². The molecule has 0 bridgehead atoms. The summed E-state index contributed by atoms with van der Waals surface area (Å²) in [5.41, 5.74) is 1.85. The van der Waals surface area contributed by atoms with Gasteiger partial charge in [-0.3, -0.25) is 14.6 Å². The largest absolute Gasteiger partial charge is 0.415 e. The van der Waals surface area contributed by atoms with Gasteiger partial charge in [-0.05, 0) is 31.0 Å². The van der Waals surface area contributed by atoms with Crippen molar-refractivity contribution in [2.45, 2.75) is 50.7 Å². The van der Waals surface area contributed by atoms with Gasteiger partial charge in [-0.25, -0.2) is 0 Å². The van der Waals surface area contributed by atoms with Crippen LogP contribution >= 0.6 is 0 Å². The molecule has 2 aromatic heterocycles. The van der Waals surface area contributed by atoms with Crippen LogP contribution in [0.5, 0.6) is 0 Å². The van der Waals surface area contributed by atoms with Crippen molar-refractivity contribution in [1.29, 1.82) is 0 Å². The molecule has 1 aliphatic heterocycles. The maximum absolute atomic E-state index is 13.3. The van der Waals surface area contributed by atoms with Gasteiger partial charge >= 0.3 is 6.43 Å². The lowest BCUT2D eigenvalue weighted by molar-refractivity contribution is 0.0581. The van der Waals surface area contributed by atoms with Crippen LogP contribution in [0.25, 0.3) is 11.5 Å². The Morgan fingerprint density at radius 3 is 2.70 bits per heavy atom. The van der Waals surface area contributed by atoms with Crippen molar-refractivity contribution in [3.63, 3.8) is 0 Å². The molecule has 3 heterocycles. The number of halogens is 2. The van der Waals surface area contributed by atoms with E-state index >= 15 is 0 Å². The molecule has 1 fully saturated rings. The Bertz CT molecular complexity index is 1180. The molecule has 2 aliphatic rings. The summed E-state index contributed by atoms with van der Waals surface area (Å²) in [5, 5.41) is 10.1. The number of pyridine rings is 1. The van der Waals surface area contributed by atoms with E-state index in [1.807, 2.05) is 18.2 Å². The highest BCUT2D eigenvalue weighted by Crippen LogP contribution is 2.33. The fourth-order valence-electron chi connectivity index (χ4n) is 4.51. The average molecular weight is 453 g/mol. The topological polar surface area (TPSA) is 101 Å². The fourth-order valence-corrected chi connectivity index (χ4v) is 4.51. The van der Waals surface area contributed by atoms with Gasteiger partial charge in [0.2, 0.25) is 5.89 Å². The Morgan fingerprint density at radius 1 is 1.15 bits per heavy atom. The van der Waals surface area contributed by atoms with E-state index in [0.717, 1.165) is 25.7 Å². The first-order chi connectivity index (χ1) is 16.0. The number of hydrogen-bond acceptors (Lipinski definition) is 6. The van der Waals surface area contributed by atoms with Gasteiger partial charge in [0, 0.05) is 17.8 Å². The number of amides is 2. The molecule has 1 saturated carbocycles. The number of hydrogen-bond donors (Lipinski definition) is 1. The number of carbonyl (C=O) groups is 2. The third-order valence-electron chi connectivity index (χ3n) is 6.14. The third-order valence-corrected chi connectivity index (χ3v) is 6.14. The minimum atomic E-state index is -2.87. The number of benzene rings is 1. The Hall–Kier alpha value is -3.69. The molecule has 8 nitrogen and oxygen atoms in total. The van der Waals surface area contributed by atoms with Gasteiger partial charge in [0.25, 0.3) is 17.7 Å². The van der Waals surface area contributed by atoms with Crippen LogP contribution in [-0.2, 0) is 6.54 Å². The van der Waals surface area contributed by atoms with E-state index in [-0.39, 0.29) is 29.8 Å². The molecule has 0 unspecified atom stereocenters. The molecular weight excluding hydrogens is 432 g/mol. The zero-order valence-electron chi connectivity index (χ0n) is 17.6. The number of alkyl halides is 2. The van der Waals surface area contributed by atoms with Crippen molar-refractivity contribution < 1.29 is 22.8 Å². The van der Waals surface area contributed by atoms with Crippen LogP contribution in [0.2, 0.25) is 0 Å². The first kappa shape index (κ1) is 21.2. The molecule has 0 spiro atoms. The van der Waals surface area contributed by atoms with E-state index < -0.39 is 12.3 Å². The lowest BCUT2D eigenvalue weighted by Gasteiger charge is -2.38. The Balaban J connectivity index is 1.35. The van der Waals surface area contributed by atoms with Crippen molar-refractivity contribution in [3.05, 3.63) is 65.3 Å². The predicted octanol–water partition coefficient (Wildman–Crippen LogP) is 3.77. The van der Waals surface area contributed by atoms with Gasteiger partial charge in [0.1, 0.15) is 0 Å². The van der Waals surface area contributed by atoms with Crippen LogP contribution in [-0.4, -0.2) is 44.0 Å². The van der Waals surface area contributed by atoms with Gasteiger partial charge in [0.05, 0.1) is 29.4 Å². The minimum absolute atomic E-state index is 0.113. The second-order valence-electron chi connectivity index (χ2n) is 8.20. The lowest BCUT2D eigenvalue weighted by atomic mass is 9.89. The molecule has 0 saturated heterocycles. The minimum Gasteiger partial charge on any atom is -0.415 e. The van der Waals surface area contributed by atoms with E-state index in [2.05, 4.69) is 20.5 Å². The van der Waals surface area contributed by atoms with Crippen molar-refractivity contribution >= 4 is 11.8 Å². The molecule has 33 heavy (non-hydrogen) atoms. The Morgan fingerprint density at radius 2 is 1.94 bits per heavy atom. The molecule has 1 aliphatic carbocycles. The summed E-state index contributed by atoms with van der Waals surface area (Å²) in [4.78, 5) is 32.1. The van der Waals surface area contributed by atoms with Crippen LogP contribution in [0, 0.1) is 0 Å².